The summed E-state index contributed by atoms with van der Waals surface area (Å²) in [4.78, 5) is 10.5. The van der Waals surface area contributed by atoms with Crippen molar-refractivity contribution in [1.82, 2.24) is 4.57 Å². The Balaban J connectivity index is 1.43. The van der Waals surface area contributed by atoms with Gasteiger partial charge < -0.3 is 0 Å². The summed E-state index contributed by atoms with van der Waals surface area (Å²) in [5, 5.41) is 10.4. The quantitative estimate of drug-likeness (QED) is 0.159. The van der Waals surface area contributed by atoms with Crippen LogP contribution in [0.2, 0.25) is 0 Å². The van der Waals surface area contributed by atoms with Crippen molar-refractivity contribution >= 4 is 89.8 Å². The number of thiophene rings is 6. The zero-order valence-electron chi connectivity index (χ0n) is 29.4. The van der Waals surface area contributed by atoms with Gasteiger partial charge in [0.25, 0.3) is 0 Å². The normalized spacial score (nSPS) is 12.5. The van der Waals surface area contributed by atoms with Gasteiger partial charge in [-0.1, -0.05) is 59.7 Å². The lowest BCUT2D eigenvalue weighted by Crippen LogP contribution is -2.11. The maximum absolute atomic E-state index is 2.62. The summed E-state index contributed by atoms with van der Waals surface area (Å²) < 4.78 is 2.62. The number of benzene rings is 2. The van der Waals surface area contributed by atoms with E-state index in [1.54, 1.807) is 0 Å². The molecule has 0 atom stereocenters. The van der Waals surface area contributed by atoms with Crippen LogP contribution in [0, 0.1) is 0 Å². The van der Waals surface area contributed by atoms with Gasteiger partial charge >= 0.3 is 0 Å². The number of fused-ring (bicyclic) bond motifs is 3. The Morgan fingerprint density at radius 1 is 0.412 bits per heavy atom. The predicted octanol–water partition coefficient (Wildman–Crippen LogP) is 16.1. The Hall–Kier alpha value is -3.56. The third-order valence-corrected chi connectivity index (χ3v) is 16.0. The number of nitrogens with zero attached hydrogens (tertiary/aromatic N) is 1. The SMILES string of the molecule is CC(C)(C)c1cc(-c2ccc(-c3cccs3)s2)c2c(c1)c1cc(C(C)(C)C)cc(-c3ccc(-c4cccs4)s3)c1n2-c1ccc(-c2cccs2)s1. The molecule has 7 aromatic heterocycles. The summed E-state index contributed by atoms with van der Waals surface area (Å²) in [6.45, 7) is 14.1. The molecule has 2 aromatic carbocycles. The maximum Gasteiger partial charge on any atom is 0.101 e. The molecule has 0 N–H and O–H groups in total. The molecule has 1 nitrogen and oxygen atoms in total. The van der Waals surface area contributed by atoms with Crippen LogP contribution in [0.15, 0.2) is 113 Å². The first-order valence-electron chi connectivity index (χ1n) is 17.1. The standard InChI is InChI=1S/C44H37NS6/c1-43(2,3)26-22-28-29-23-27(44(4,5)6)25-31(33-14-16-38(50-33)35-11-8-20-47-35)42(29)45(40-18-17-39(51-40)36-12-9-21-48-36)41(28)30(24-26)32-13-15-37(49-32)34-10-7-19-46-34/h7-25H,1-6H3. The van der Waals surface area contributed by atoms with Crippen molar-refractivity contribution in [2.24, 2.45) is 0 Å². The van der Waals surface area contributed by atoms with Gasteiger partial charge in [0, 0.05) is 60.9 Å². The summed E-state index contributed by atoms with van der Waals surface area (Å²) in [5.41, 5.74) is 7.88. The highest BCUT2D eigenvalue weighted by Crippen LogP contribution is 2.50. The zero-order valence-corrected chi connectivity index (χ0v) is 34.3. The fraction of sp³-hybridized carbons (Fsp3) is 0.182. The molecule has 0 radical (unpaired) electrons. The van der Waals surface area contributed by atoms with E-state index in [9.17, 15) is 0 Å². The predicted molar refractivity (Wildman–Crippen MR) is 233 cm³/mol. The first kappa shape index (κ1) is 33.3. The highest BCUT2D eigenvalue weighted by atomic mass is 32.1. The van der Waals surface area contributed by atoms with Gasteiger partial charge in [0.15, 0.2) is 0 Å². The Labute approximate surface area is 323 Å². The second kappa shape index (κ2) is 12.5. The third-order valence-electron chi connectivity index (χ3n) is 9.54. The smallest absolute Gasteiger partial charge is 0.101 e. The molecule has 0 aliphatic rings. The van der Waals surface area contributed by atoms with Crippen LogP contribution in [0.4, 0.5) is 0 Å². The molecule has 9 aromatic rings. The molecule has 254 valence electrons. The zero-order chi connectivity index (χ0) is 35.1. The van der Waals surface area contributed by atoms with Crippen LogP contribution in [0.25, 0.3) is 77.0 Å². The number of aromatic nitrogens is 1. The van der Waals surface area contributed by atoms with Gasteiger partial charge in [-0.3, -0.25) is 4.57 Å². The lowest BCUT2D eigenvalue weighted by molar-refractivity contribution is 0.590. The molecule has 0 fully saturated rings. The first-order valence-corrected chi connectivity index (χ1v) is 22.2. The van der Waals surface area contributed by atoms with Gasteiger partial charge in [-0.05, 0) is 117 Å². The molecule has 0 bridgehead atoms. The number of rotatable bonds is 6. The van der Waals surface area contributed by atoms with E-state index in [2.05, 4.69) is 159 Å². The first-order chi connectivity index (χ1) is 24.5. The molecular formula is C44H37NS6. The average Bonchev–Trinajstić information content (AvgIpc) is 3.95. The van der Waals surface area contributed by atoms with Crippen LogP contribution in [0.3, 0.4) is 0 Å². The molecular weight excluding hydrogens is 735 g/mol. The largest absolute Gasteiger partial charge is 0.299 e. The van der Waals surface area contributed by atoms with Crippen LogP contribution >= 0.6 is 68.0 Å². The van der Waals surface area contributed by atoms with Crippen molar-refractivity contribution in [1.29, 1.82) is 0 Å². The fourth-order valence-electron chi connectivity index (χ4n) is 6.80. The van der Waals surface area contributed by atoms with Crippen molar-refractivity contribution < 1.29 is 0 Å². The van der Waals surface area contributed by atoms with Crippen molar-refractivity contribution in [3.05, 3.63) is 124 Å². The van der Waals surface area contributed by atoms with Crippen LogP contribution in [0.1, 0.15) is 52.7 Å². The van der Waals surface area contributed by atoms with E-state index < -0.39 is 0 Å². The topological polar surface area (TPSA) is 4.93 Å². The Morgan fingerprint density at radius 3 is 1.20 bits per heavy atom. The van der Waals surface area contributed by atoms with Crippen LogP contribution in [-0.4, -0.2) is 4.57 Å². The minimum absolute atomic E-state index is 0.0195. The van der Waals surface area contributed by atoms with E-state index in [-0.39, 0.29) is 10.8 Å². The van der Waals surface area contributed by atoms with Crippen molar-refractivity contribution in [3.8, 4) is 55.1 Å². The molecule has 51 heavy (non-hydrogen) atoms. The summed E-state index contributed by atoms with van der Waals surface area (Å²) in [6, 6.07) is 37.1. The van der Waals surface area contributed by atoms with Crippen molar-refractivity contribution in [2.45, 2.75) is 52.4 Å². The van der Waals surface area contributed by atoms with E-state index >= 15 is 0 Å². The molecule has 0 aliphatic carbocycles. The van der Waals surface area contributed by atoms with Gasteiger partial charge in [-0.2, -0.15) is 0 Å². The molecule has 0 amide bonds. The van der Waals surface area contributed by atoms with Crippen molar-refractivity contribution in [3.63, 3.8) is 0 Å². The fourth-order valence-corrected chi connectivity index (χ4v) is 12.4. The minimum Gasteiger partial charge on any atom is -0.299 e. The number of hydrogen-bond acceptors (Lipinski definition) is 6. The number of hydrogen-bond donors (Lipinski definition) is 0. The molecule has 0 unspecified atom stereocenters. The average molecular weight is 772 g/mol. The molecule has 0 spiro atoms. The Morgan fingerprint density at radius 2 is 0.804 bits per heavy atom. The molecule has 0 aliphatic heterocycles. The van der Waals surface area contributed by atoms with Gasteiger partial charge in [0.05, 0.1) is 11.0 Å². The summed E-state index contributed by atoms with van der Waals surface area (Å²) in [7, 11) is 0. The van der Waals surface area contributed by atoms with E-state index in [4.69, 9.17) is 0 Å². The van der Waals surface area contributed by atoms with Crippen molar-refractivity contribution in [2.75, 3.05) is 0 Å². The second-order valence-electron chi connectivity index (χ2n) is 15.1. The van der Waals surface area contributed by atoms with E-state index in [1.165, 1.54) is 88.1 Å². The highest BCUT2D eigenvalue weighted by Gasteiger charge is 2.28. The molecule has 0 saturated carbocycles. The summed E-state index contributed by atoms with van der Waals surface area (Å²) in [5.74, 6) is 0. The summed E-state index contributed by atoms with van der Waals surface area (Å²) in [6.07, 6.45) is 0. The van der Waals surface area contributed by atoms with Gasteiger partial charge in [-0.25, -0.2) is 0 Å². The van der Waals surface area contributed by atoms with E-state index in [1.807, 2.05) is 68.0 Å². The molecule has 7 heteroatoms. The molecule has 7 heterocycles. The highest BCUT2D eigenvalue weighted by molar-refractivity contribution is 7.24. The third kappa shape index (κ3) is 5.92. The Kier molecular flexibility index (Phi) is 8.19. The van der Waals surface area contributed by atoms with Crippen LogP contribution < -0.4 is 0 Å². The van der Waals surface area contributed by atoms with Gasteiger partial charge in [-0.15, -0.1) is 68.0 Å². The lowest BCUT2D eigenvalue weighted by atomic mass is 9.83. The maximum atomic E-state index is 2.62. The monoisotopic (exact) mass is 771 g/mol. The van der Waals surface area contributed by atoms with Crippen LogP contribution in [0.5, 0.6) is 0 Å². The Bertz CT molecular complexity index is 2490. The minimum atomic E-state index is -0.0195. The molecule has 0 saturated heterocycles. The van der Waals surface area contributed by atoms with E-state index in [0.717, 1.165) is 0 Å². The molecule has 9 rings (SSSR count). The lowest BCUT2D eigenvalue weighted by Gasteiger charge is -2.21. The second-order valence-corrected chi connectivity index (χ2v) is 21.1. The van der Waals surface area contributed by atoms with Gasteiger partial charge in [0.2, 0.25) is 0 Å². The van der Waals surface area contributed by atoms with E-state index in [0.29, 0.717) is 0 Å². The van der Waals surface area contributed by atoms with Crippen LogP contribution in [-0.2, 0) is 10.8 Å². The van der Waals surface area contributed by atoms with Gasteiger partial charge in [0.1, 0.15) is 5.00 Å². The summed E-state index contributed by atoms with van der Waals surface area (Å²) >= 11 is 11.2.